The maximum absolute atomic E-state index is 12.1. The lowest BCUT2D eigenvalue weighted by molar-refractivity contribution is 0.604. The van der Waals surface area contributed by atoms with Crippen LogP contribution < -0.4 is 11.1 Å². The maximum Gasteiger partial charge on any atom is 0.203 e. The van der Waals surface area contributed by atoms with Gasteiger partial charge in [0.05, 0.1) is 10.3 Å². The molecule has 0 amide bonds. The van der Waals surface area contributed by atoms with E-state index in [4.69, 9.17) is 5.73 Å². The predicted octanol–water partition coefficient (Wildman–Crippen LogP) is 2.20. The minimum Gasteiger partial charge on any atom is -0.385 e. The molecule has 0 aliphatic carbocycles. The Morgan fingerprint density at radius 3 is 2.82 bits per heavy atom. The van der Waals surface area contributed by atoms with Crippen molar-refractivity contribution in [2.24, 2.45) is 5.73 Å². The van der Waals surface area contributed by atoms with Crippen LogP contribution in [0.2, 0.25) is 0 Å². The largest absolute Gasteiger partial charge is 0.385 e. The van der Waals surface area contributed by atoms with Gasteiger partial charge in [-0.1, -0.05) is 18.2 Å². The molecule has 8 heteroatoms. The molecule has 0 fully saturated rings. The first-order valence-corrected chi connectivity index (χ1v) is 10.1. The Kier molecular flexibility index (Phi) is 6.29. The van der Waals surface area contributed by atoms with E-state index in [1.54, 1.807) is 59.6 Å². The monoisotopic (exact) mass is 355 g/mol. The Morgan fingerprint density at radius 1 is 1.36 bits per heavy atom. The highest BCUT2D eigenvalue weighted by molar-refractivity contribution is 7.98. The van der Waals surface area contributed by atoms with Crippen molar-refractivity contribution in [1.29, 1.82) is 0 Å². The number of rotatable bonds is 8. The number of nitrogens with zero attached hydrogens (tertiary/aromatic N) is 1. The third-order valence-corrected chi connectivity index (χ3v) is 6.06. The highest BCUT2D eigenvalue weighted by atomic mass is 32.2. The van der Waals surface area contributed by atoms with E-state index in [9.17, 15) is 8.42 Å². The highest BCUT2D eigenvalue weighted by Crippen LogP contribution is 2.14. The number of benzene rings is 1. The lowest BCUT2D eigenvalue weighted by Crippen LogP contribution is -2.23. The molecule has 1 aromatic heterocycles. The minimum absolute atomic E-state index is 0.152. The molecule has 5 nitrogen and oxygen atoms in total. The normalized spacial score (nSPS) is 12.3. The van der Waals surface area contributed by atoms with Crippen molar-refractivity contribution >= 4 is 32.9 Å². The van der Waals surface area contributed by atoms with Crippen LogP contribution in [-0.2, 0) is 15.6 Å². The molecule has 2 aromatic rings. The smallest absolute Gasteiger partial charge is 0.203 e. The first-order valence-electron chi connectivity index (χ1n) is 6.55. The standard InChI is InChI=1S/C14H17N3O2S3/c15-13(11-22(18,19)12-4-2-1-3-5-12)16-6-8-20-10-14-17-7-9-21-14/h1-5,7,9,11,16H,6,8,10,15H2. The van der Waals surface area contributed by atoms with Gasteiger partial charge < -0.3 is 11.1 Å². The summed E-state index contributed by atoms with van der Waals surface area (Å²) in [5.41, 5.74) is 5.73. The Labute approximate surface area is 138 Å². The van der Waals surface area contributed by atoms with Crippen LogP contribution in [0.15, 0.2) is 58.0 Å². The van der Waals surface area contributed by atoms with Gasteiger partial charge in [0.25, 0.3) is 0 Å². The molecule has 0 aliphatic heterocycles. The van der Waals surface area contributed by atoms with E-state index in [1.807, 2.05) is 5.38 Å². The summed E-state index contributed by atoms with van der Waals surface area (Å²) in [5, 5.41) is 7.01. The second-order valence-corrected chi connectivity index (χ2v) is 8.22. The fraction of sp³-hybridized carbons (Fsp3) is 0.214. The Morgan fingerprint density at radius 2 is 2.14 bits per heavy atom. The number of nitrogens with one attached hydrogen (secondary N) is 1. The summed E-state index contributed by atoms with van der Waals surface area (Å²) < 4.78 is 24.2. The van der Waals surface area contributed by atoms with E-state index < -0.39 is 9.84 Å². The second-order valence-electron chi connectivity index (χ2n) is 4.34. The summed E-state index contributed by atoms with van der Waals surface area (Å²) >= 11 is 3.35. The molecule has 0 radical (unpaired) electrons. The lowest BCUT2D eigenvalue weighted by atomic mass is 10.4. The van der Waals surface area contributed by atoms with Crippen molar-refractivity contribution < 1.29 is 8.42 Å². The number of sulfone groups is 1. The van der Waals surface area contributed by atoms with Crippen LogP contribution in [0.3, 0.4) is 0 Å². The van der Waals surface area contributed by atoms with Gasteiger partial charge in [0.1, 0.15) is 10.8 Å². The Balaban J connectivity index is 1.78. The number of nitrogens with two attached hydrogens (primary N) is 1. The first-order chi connectivity index (χ1) is 10.6. The van der Waals surface area contributed by atoms with E-state index in [0.717, 1.165) is 21.9 Å². The van der Waals surface area contributed by atoms with Gasteiger partial charge in [0, 0.05) is 29.6 Å². The Bertz CT molecular complexity index is 698. The van der Waals surface area contributed by atoms with Crippen LogP contribution in [0.5, 0.6) is 0 Å². The SMILES string of the molecule is NC(=CS(=O)(=O)c1ccccc1)NCCSCc1nccs1. The molecule has 1 aromatic carbocycles. The fourth-order valence-electron chi connectivity index (χ4n) is 1.64. The van der Waals surface area contributed by atoms with Crippen molar-refractivity contribution in [3.05, 3.63) is 58.1 Å². The van der Waals surface area contributed by atoms with Gasteiger partial charge in [-0.3, -0.25) is 0 Å². The fourth-order valence-corrected chi connectivity index (χ4v) is 4.29. The summed E-state index contributed by atoms with van der Waals surface area (Å²) in [6, 6.07) is 8.22. The number of hydrogen-bond donors (Lipinski definition) is 2. The molecule has 3 N–H and O–H groups in total. The zero-order chi connectivity index (χ0) is 15.8. The molecule has 0 atom stereocenters. The van der Waals surface area contributed by atoms with E-state index in [-0.39, 0.29) is 10.7 Å². The number of thioether (sulfide) groups is 1. The molecule has 0 aliphatic rings. The molecule has 118 valence electrons. The summed E-state index contributed by atoms with van der Waals surface area (Å²) in [7, 11) is -3.50. The predicted molar refractivity (Wildman–Crippen MR) is 92.2 cm³/mol. The van der Waals surface area contributed by atoms with Gasteiger partial charge >= 0.3 is 0 Å². The van der Waals surface area contributed by atoms with Crippen molar-refractivity contribution in [3.8, 4) is 0 Å². The third kappa shape index (κ3) is 5.36. The van der Waals surface area contributed by atoms with Crippen LogP contribution >= 0.6 is 23.1 Å². The van der Waals surface area contributed by atoms with Crippen molar-refractivity contribution in [3.63, 3.8) is 0 Å². The van der Waals surface area contributed by atoms with Gasteiger partial charge in [0.15, 0.2) is 0 Å². The number of hydrogen-bond acceptors (Lipinski definition) is 7. The topological polar surface area (TPSA) is 85.1 Å². The molecular formula is C14H17N3O2S3. The summed E-state index contributed by atoms with van der Waals surface area (Å²) in [5.74, 6) is 1.82. The van der Waals surface area contributed by atoms with Gasteiger partial charge in [-0.2, -0.15) is 11.8 Å². The Hall–Kier alpha value is -1.51. The van der Waals surface area contributed by atoms with Gasteiger partial charge in [-0.15, -0.1) is 11.3 Å². The minimum atomic E-state index is -3.50. The third-order valence-electron chi connectivity index (χ3n) is 2.64. The molecule has 0 bridgehead atoms. The highest BCUT2D eigenvalue weighted by Gasteiger charge is 2.10. The van der Waals surface area contributed by atoms with Crippen molar-refractivity contribution in [1.82, 2.24) is 10.3 Å². The molecule has 1 heterocycles. The average Bonchev–Trinajstić information content (AvgIpc) is 3.00. The molecule has 0 unspecified atom stereocenters. The molecule has 0 saturated heterocycles. The van der Waals surface area contributed by atoms with E-state index >= 15 is 0 Å². The van der Waals surface area contributed by atoms with E-state index in [2.05, 4.69) is 10.3 Å². The van der Waals surface area contributed by atoms with Crippen LogP contribution in [-0.4, -0.2) is 25.7 Å². The zero-order valence-corrected chi connectivity index (χ0v) is 14.3. The molecule has 22 heavy (non-hydrogen) atoms. The molecule has 0 saturated carbocycles. The summed E-state index contributed by atoms with van der Waals surface area (Å²) in [4.78, 5) is 4.43. The van der Waals surface area contributed by atoms with Crippen molar-refractivity contribution in [2.75, 3.05) is 12.3 Å². The van der Waals surface area contributed by atoms with Crippen molar-refractivity contribution in [2.45, 2.75) is 10.6 Å². The molecular weight excluding hydrogens is 338 g/mol. The van der Waals surface area contributed by atoms with Crippen LogP contribution in [0.25, 0.3) is 0 Å². The lowest BCUT2D eigenvalue weighted by Gasteiger charge is -2.06. The van der Waals surface area contributed by atoms with Crippen LogP contribution in [0.4, 0.5) is 0 Å². The van der Waals surface area contributed by atoms with Gasteiger partial charge in [-0.05, 0) is 12.1 Å². The maximum atomic E-state index is 12.1. The zero-order valence-electron chi connectivity index (χ0n) is 11.8. The van der Waals surface area contributed by atoms with Gasteiger partial charge in [-0.25, -0.2) is 13.4 Å². The quantitative estimate of drug-likeness (QED) is 0.706. The first kappa shape index (κ1) is 16.9. The van der Waals surface area contributed by atoms with E-state index in [1.165, 1.54) is 0 Å². The second kappa shape index (κ2) is 8.21. The number of thiazole rings is 1. The number of aromatic nitrogens is 1. The van der Waals surface area contributed by atoms with Gasteiger partial charge in [0.2, 0.25) is 9.84 Å². The molecule has 2 rings (SSSR count). The summed E-state index contributed by atoms with van der Waals surface area (Å²) in [6.45, 7) is 0.600. The summed E-state index contributed by atoms with van der Waals surface area (Å²) in [6.07, 6.45) is 1.79. The average molecular weight is 356 g/mol. The molecule has 0 spiro atoms. The van der Waals surface area contributed by atoms with Crippen LogP contribution in [0.1, 0.15) is 5.01 Å². The van der Waals surface area contributed by atoms with E-state index in [0.29, 0.717) is 6.54 Å². The van der Waals surface area contributed by atoms with Crippen LogP contribution in [0, 0.1) is 0 Å².